The fourth-order valence-electron chi connectivity index (χ4n) is 4.06. The van der Waals surface area contributed by atoms with Crippen molar-refractivity contribution in [2.24, 2.45) is 0 Å². The molecule has 0 saturated carbocycles. The van der Waals surface area contributed by atoms with Crippen LogP contribution in [-0.4, -0.2) is 32.3 Å². The first-order valence-corrected chi connectivity index (χ1v) is 10.1. The van der Waals surface area contributed by atoms with Crippen LogP contribution in [0.4, 0.5) is 5.95 Å². The Labute approximate surface area is 168 Å². The van der Waals surface area contributed by atoms with Gasteiger partial charge in [0.1, 0.15) is 0 Å². The molecule has 0 bridgehead atoms. The van der Waals surface area contributed by atoms with Gasteiger partial charge in [0.25, 0.3) is 5.56 Å². The standard InChI is InChI=1S/C23H23N5O/c1-17-11-12-20-19(16-17)21(29)27(15-7-10-18-8-3-2-4-9-18)23-25-24-22(28(20)23)26-13-5-6-14-26/h2-4,7-12,16H,5-6,13-15H2,1H3/b10-7+. The summed E-state index contributed by atoms with van der Waals surface area (Å²) in [7, 11) is 0. The molecule has 1 aliphatic heterocycles. The molecule has 29 heavy (non-hydrogen) atoms. The fourth-order valence-corrected chi connectivity index (χ4v) is 4.06. The Hall–Kier alpha value is -3.41. The normalized spacial score (nSPS) is 14.6. The first-order chi connectivity index (χ1) is 14.2. The number of allylic oxidation sites excluding steroid dienone is 1. The molecule has 0 N–H and O–H groups in total. The van der Waals surface area contributed by atoms with Gasteiger partial charge in [0, 0.05) is 19.6 Å². The fraction of sp³-hybridized carbons (Fsp3) is 0.261. The van der Waals surface area contributed by atoms with Gasteiger partial charge in [-0.25, -0.2) is 4.40 Å². The molecular formula is C23H23N5O. The van der Waals surface area contributed by atoms with Crippen molar-refractivity contribution in [2.75, 3.05) is 18.0 Å². The average Bonchev–Trinajstić information content (AvgIpc) is 3.41. The highest BCUT2D eigenvalue weighted by atomic mass is 16.1. The van der Waals surface area contributed by atoms with E-state index in [0.29, 0.717) is 17.7 Å². The van der Waals surface area contributed by atoms with Crippen molar-refractivity contribution in [1.29, 1.82) is 0 Å². The Balaban J connectivity index is 1.68. The van der Waals surface area contributed by atoms with Crippen LogP contribution in [0, 0.1) is 6.92 Å². The van der Waals surface area contributed by atoms with Gasteiger partial charge in [-0.2, -0.15) is 0 Å². The van der Waals surface area contributed by atoms with Crippen molar-refractivity contribution in [3.63, 3.8) is 0 Å². The number of aryl methyl sites for hydroxylation is 1. The zero-order valence-electron chi connectivity index (χ0n) is 16.5. The molecule has 3 heterocycles. The van der Waals surface area contributed by atoms with Crippen LogP contribution in [0.5, 0.6) is 0 Å². The van der Waals surface area contributed by atoms with Gasteiger partial charge >= 0.3 is 0 Å². The second-order valence-corrected chi connectivity index (χ2v) is 7.58. The minimum Gasteiger partial charge on any atom is -0.341 e. The van der Waals surface area contributed by atoms with E-state index in [1.165, 1.54) is 0 Å². The summed E-state index contributed by atoms with van der Waals surface area (Å²) in [6.45, 7) is 4.40. The molecule has 0 amide bonds. The summed E-state index contributed by atoms with van der Waals surface area (Å²) in [5.41, 5.74) is 3.00. The van der Waals surface area contributed by atoms with E-state index in [9.17, 15) is 4.79 Å². The first-order valence-electron chi connectivity index (χ1n) is 10.1. The Morgan fingerprint density at radius 2 is 1.83 bits per heavy atom. The van der Waals surface area contributed by atoms with Gasteiger partial charge in [0.05, 0.1) is 10.9 Å². The van der Waals surface area contributed by atoms with E-state index < -0.39 is 0 Å². The molecule has 1 saturated heterocycles. The SMILES string of the molecule is Cc1ccc2c(c1)c(=O)n(C/C=C/c1ccccc1)c1nnc(N3CCCC3)n21. The largest absolute Gasteiger partial charge is 0.341 e. The molecule has 0 radical (unpaired) electrons. The molecule has 0 atom stereocenters. The molecule has 6 heteroatoms. The van der Waals surface area contributed by atoms with E-state index in [2.05, 4.69) is 15.1 Å². The van der Waals surface area contributed by atoms with Gasteiger partial charge < -0.3 is 4.90 Å². The zero-order chi connectivity index (χ0) is 19.8. The first kappa shape index (κ1) is 17.7. The third kappa shape index (κ3) is 3.10. The van der Waals surface area contributed by atoms with Gasteiger partial charge in [-0.3, -0.25) is 9.36 Å². The monoisotopic (exact) mass is 385 g/mol. The van der Waals surface area contributed by atoms with Crippen LogP contribution in [0.3, 0.4) is 0 Å². The molecule has 146 valence electrons. The minimum absolute atomic E-state index is 0.0331. The van der Waals surface area contributed by atoms with Crippen LogP contribution < -0.4 is 10.5 Å². The highest BCUT2D eigenvalue weighted by molar-refractivity contribution is 5.82. The molecule has 0 aliphatic carbocycles. The van der Waals surface area contributed by atoms with Gasteiger partial charge in [0.15, 0.2) is 0 Å². The number of hydrogen-bond acceptors (Lipinski definition) is 4. The van der Waals surface area contributed by atoms with Crippen molar-refractivity contribution >= 4 is 28.7 Å². The molecule has 2 aromatic carbocycles. The predicted molar refractivity (Wildman–Crippen MR) is 116 cm³/mol. The van der Waals surface area contributed by atoms with E-state index in [0.717, 1.165) is 48.5 Å². The molecule has 0 spiro atoms. The van der Waals surface area contributed by atoms with Crippen molar-refractivity contribution in [2.45, 2.75) is 26.3 Å². The maximum absolute atomic E-state index is 13.3. The van der Waals surface area contributed by atoms with Crippen molar-refractivity contribution in [1.82, 2.24) is 19.2 Å². The average molecular weight is 385 g/mol. The predicted octanol–water partition coefficient (Wildman–Crippen LogP) is 3.67. The molecule has 1 aliphatic rings. The summed E-state index contributed by atoms with van der Waals surface area (Å²) in [6, 6.07) is 16.1. The Morgan fingerprint density at radius 1 is 1.03 bits per heavy atom. The number of benzene rings is 2. The third-order valence-electron chi connectivity index (χ3n) is 5.53. The lowest BCUT2D eigenvalue weighted by molar-refractivity contribution is 0.786. The lowest BCUT2D eigenvalue weighted by atomic mass is 10.1. The maximum Gasteiger partial charge on any atom is 0.263 e. The van der Waals surface area contributed by atoms with Crippen molar-refractivity contribution in [3.05, 3.63) is 76.1 Å². The highest BCUT2D eigenvalue weighted by Gasteiger charge is 2.22. The van der Waals surface area contributed by atoms with E-state index in [-0.39, 0.29) is 5.56 Å². The van der Waals surface area contributed by atoms with Gasteiger partial charge in [0.2, 0.25) is 11.7 Å². The maximum atomic E-state index is 13.3. The molecule has 6 nitrogen and oxygen atoms in total. The molecule has 0 unspecified atom stereocenters. The summed E-state index contributed by atoms with van der Waals surface area (Å²) in [4.78, 5) is 15.6. The van der Waals surface area contributed by atoms with E-state index >= 15 is 0 Å². The van der Waals surface area contributed by atoms with Gasteiger partial charge in [-0.1, -0.05) is 54.1 Å². The summed E-state index contributed by atoms with van der Waals surface area (Å²) in [5, 5.41) is 9.60. The van der Waals surface area contributed by atoms with Crippen LogP contribution in [0.25, 0.3) is 22.8 Å². The number of hydrogen-bond donors (Lipinski definition) is 0. The zero-order valence-corrected chi connectivity index (χ0v) is 16.5. The van der Waals surface area contributed by atoms with E-state index in [4.69, 9.17) is 0 Å². The molecule has 1 fully saturated rings. The number of aromatic nitrogens is 4. The Morgan fingerprint density at radius 3 is 2.62 bits per heavy atom. The topological polar surface area (TPSA) is 55.4 Å². The summed E-state index contributed by atoms with van der Waals surface area (Å²) < 4.78 is 3.76. The van der Waals surface area contributed by atoms with Crippen molar-refractivity contribution < 1.29 is 0 Å². The summed E-state index contributed by atoms with van der Waals surface area (Å²) in [5.74, 6) is 1.41. The summed E-state index contributed by atoms with van der Waals surface area (Å²) in [6.07, 6.45) is 6.35. The van der Waals surface area contributed by atoms with E-state index in [1.54, 1.807) is 4.57 Å². The van der Waals surface area contributed by atoms with Crippen molar-refractivity contribution in [3.8, 4) is 0 Å². The van der Waals surface area contributed by atoms with Crippen LogP contribution >= 0.6 is 0 Å². The quantitative estimate of drug-likeness (QED) is 0.538. The van der Waals surface area contributed by atoms with E-state index in [1.807, 2.05) is 72.0 Å². The number of rotatable bonds is 4. The number of fused-ring (bicyclic) bond motifs is 3. The Bertz CT molecular complexity index is 1260. The smallest absolute Gasteiger partial charge is 0.263 e. The second-order valence-electron chi connectivity index (χ2n) is 7.58. The lowest BCUT2D eigenvalue weighted by Gasteiger charge is -2.16. The lowest BCUT2D eigenvalue weighted by Crippen LogP contribution is -2.25. The Kier molecular flexibility index (Phi) is 4.39. The molecule has 2 aromatic heterocycles. The summed E-state index contributed by atoms with van der Waals surface area (Å²) >= 11 is 0. The second kappa shape index (κ2) is 7.20. The van der Waals surface area contributed by atoms with Gasteiger partial charge in [-0.15, -0.1) is 10.2 Å². The number of nitrogens with zero attached hydrogens (tertiary/aromatic N) is 5. The van der Waals surface area contributed by atoms with Crippen LogP contribution in [0.15, 0.2) is 59.4 Å². The van der Waals surface area contributed by atoms with Crippen LogP contribution in [-0.2, 0) is 6.54 Å². The third-order valence-corrected chi connectivity index (χ3v) is 5.53. The van der Waals surface area contributed by atoms with Crippen LogP contribution in [0.2, 0.25) is 0 Å². The molecule has 5 rings (SSSR count). The highest BCUT2D eigenvalue weighted by Crippen LogP contribution is 2.23. The van der Waals surface area contributed by atoms with Crippen LogP contribution in [0.1, 0.15) is 24.0 Å². The number of anilines is 1. The molecule has 4 aromatic rings. The minimum atomic E-state index is -0.0331. The molecular weight excluding hydrogens is 362 g/mol. The van der Waals surface area contributed by atoms with Gasteiger partial charge in [-0.05, 0) is 37.5 Å².